The second kappa shape index (κ2) is 9.63. The van der Waals surface area contributed by atoms with E-state index in [1.54, 1.807) is 7.11 Å². The molecule has 0 radical (unpaired) electrons. The molecule has 2 N–H and O–H groups in total. The van der Waals surface area contributed by atoms with Crippen molar-refractivity contribution in [2.45, 2.75) is 33.2 Å². The summed E-state index contributed by atoms with van der Waals surface area (Å²) in [6.07, 6.45) is 0. The number of aromatic amines is 1. The molecule has 0 unspecified atom stereocenters. The Bertz CT molecular complexity index is 1020. The summed E-state index contributed by atoms with van der Waals surface area (Å²) in [5.74, 6) is 2.52. The molecule has 0 atom stereocenters. The van der Waals surface area contributed by atoms with Crippen molar-refractivity contribution >= 4 is 17.5 Å². The van der Waals surface area contributed by atoms with E-state index >= 15 is 0 Å². The lowest BCUT2D eigenvalue weighted by Gasteiger charge is -2.15. The van der Waals surface area contributed by atoms with Gasteiger partial charge in [-0.25, -0.2) is 4.98 Å². The minimum atomic E-state index is -0.250. The minimum Gasteiger partial charge on any atom is -0.497 e. The van der Waals surface area contributed by atoms with Crippen molar-refractivity contribution in [2.75, 3.05) is 13.7 Å². The number of methoxy groups -OCH3 is 1. The highest BCUT2D eigenvalue weighted by atomic mass is 35.5. The maximum atomic E-state index is 12.2. The largest absolute Gasteiger partial charge is 0.497 e. The fourth-order valence-corrected chi connectivity index (χ4v) is 3.04. The smallest absolute Gasteiger partial charge is 0.258 e. The summed E-state index contributed by atoms with van der Waals surface area (Å²) >= 11 is 6.21. The van der Waals surface area contributed by atoms with Crippen LogP contribution in [0.15, 0.2) is 36.4 Å². The number of aromatic nitrogens is 3. The van der Waals surface area contributed by atoms with Crippen molar-refractivity contribution in [3.8, 4) is 22.9 Å². The molecule has 1 amide bonds. The van der Waals surface area contributed by atoms with Gasteiger partial charge in [0.1, 0.15) is 17.3 Å². The van der Waals surface area contributed by atoms with E-state index < -0.39 is 0 Å². The quantitative estimate of drug-likeness (QED) is 0.559. The first-order valence-corrected chi connectivity index (χ1v) is 10.0. The van der Waals surface area contributed by atoms with Crippen LogP contribution in [0.25, 0.3) is 11.4 Å². The van der Waals surface area contributed by atoms with Crippen LogP contribution < -0.4 is 14.8 Å². The number of hydrogen-bond donors (Lipinski definition) is 2. The fourth-order valence-electron chi connectivity index (χ4n) is 2.87. The van der Waals surface area contributed by atoms with Gasteiger partial charge < -0.3 is 14.8 Å². The highest BCUT2D eigenvalue weighted by Gasteiger charge is 2.13. The topological polar surface area (TPSA) is 89.1 Å². The number of amides is 1. The zero-order valence-electron chi connectivity index (χ0n) is 17.5. The summed E-state index contributed by atoms with van der Waals surface area (Å²) in [7, 11) is 1.62. The third-order valence-electron chi connectivity index (χ3n) is 4.60. The van der Waals surface area contributed by atoms with Gasteiger partial charge in [0.25, 0.3) is 5.91 Å². The molecule has 30 heavy (non-hydrogen) atoms. The second-order valence-electron chi connectivity index (χ2n) is 7.19. The van der Waals surface area contributed by atoms with Crippen LogP contribution in [-0.4, -0.2) is 34.8 Å². The normalized spacial score (nSPS) is 10.9. The predicted molar refractivity (Wildman–Crippen MR) is 116 cm³/mol. The lowest BCUT2D eigenvalue weighted by Crippen LogP contribution is -2.29. The van der Waals surface area contributed by atoms with Crippen LogP contribution in [0.2, 0.25) is 5.02 Å². The molecule has 0 aliphatic carbocycles. The maximum absolute atomic E-state index is 12.2. The second-order valence-corrected chi connectivity index (χ2v) is 7.60. The van der Waals surface area contributed by atoms with Crippen molar-refractivity contribution in [3.05, 3.63) is 58.4 Å². The third kappa shape index (κ3) is 5.30. The molecule has 0 saturated carbocycles. The van der Waals surface area contributed by atoms with Gasteiger partial charge in [-0.3, -0.25) is 9.89 Å². The van der Waals surface area contributed by atoms with Crippen LogP contribution in [0.5, 0.6) is 11.5 Å². The molecule has 0 aliphatic heterocycles. The van der Waals surface area contributed by atoms with Crippen LogP contribution in [0.1, 0.15) is 36.7 Å². The monoisotopic (exact) mass is 428 g/mol. The molecule has 0 aliphatic rings. The summed E-state index contributed by atoms with van der Waals surface area (Å²) in [6.45, 7) is 6.14. The average molecular weight is 429 g/mol. The van der Waals surface area contributed by atoms with Crippen molar-refractivity contribution in [1.82, 2.24) is 20.5 Å². The number of nitrogens with zero attached hydrogens (tertiary/aromatic N) is 2. The third-order valence-corrected chi connectivity index (χ3v) is 5.01. The summed E-state index contributed by atoms with van der Waals surface area (Å²) in [4.78, 5) is 16.6. The number of aryl methyl sites for hydroxylation is 1. The summed E-state index contributed by atoms with van der Waals surface area (Å²) in [6, 6.07) is 11.2. The molecule has 1 aromatic heterocycles. The van der Waals surface area contributed by atoms with E-state index in [-0.39, 0.29) is 25.0 Å². The number of hydrogen-bond acceptors (Lipinski definition) is 5. The lowest BCUT2D eigenvalue weighted by atomic mass is 10.0. The lowest BCUT2D eigenvalue weighted by molar-refractivity contribution is -0.123. The molecular formula is C22H25ClN4O3. The number of benzene rings is 2. The molecule has 0 saturated heterocycles. The Kier molecular flexibility index (Phi) is 6.95. The van der Waals surface area contributed by atoms with Crippen LogP contribution in [0.4, 0.5) is 0 Å². The fraction of sp³-hybridized carbons (Fsp3) is 0.318. The van der Waals surface area contributed by atoms with E-state index in [0.717, 1.165) is 22.4 Å². The van der Waals surface area contributed by atoms with E-state index in [2.05, 4.69) is 34.3 Å². The number of carbonyl (C=O) groups excluding carboxylic acids is 1. The van der Waals surface area contributed by atoms with Gasteiger partial charge in [-0.05, 0) is 60.4 Å². The van der Waals surface area contributed by atoms with Gasteiger partial charge in [0, 0.05) is 10.6 Å². The summed E-state index contributed by atoms with van der Waals surface area (Å²) in [5, 5.41) is 10.5. The Hall–Kier alpha value is -3.06. The Morgan fingerprint density at radius 2 is 1.97 bits per heavy atom. The SMILES string of the molecule is COc1ccc(-c2n[nH]c(CNC(=O)COc3cc(C)c(Cl)cc3C(C)C)n2)cc1. The number of ether oxygens (including phenoxy) is 2. The van der Waals surface area contributed by atoms with Crippen molar-refractivity contribution in [1.29, 1.82) is 0 Å². The zero-order chi connectivity index (χ0) is 21.7. The molecule has 3 rings (SSSR count). The molecule has 0 bridgehead atoms. The van der Waals surface area contributed by atoms with E-state index in [0.29, 0.717) is 22.4 Å². The van der Waals surface area contributed by atoms with E-state index in [4.69, 9.17) is 21.1 Å². The molecule has 7 nitrogen and oxygen atoms in total. The standard InChI is InChI=1S/C22H25ClN4O3/c1-13(2)17-10-18(23)14(3)9-19(17)30-12-21(28)24-11-20-25-22(27-26-20)15-5-7-16(29-4)8-6-15/h5-10,13H,11-12H2,1-4H3,(H,24,28)(H,25,26,27). The van der Waals surface area contributed by atoms with Gasteiger partial charge in [-0.2, -0.15) is 5.10 Å². The van der Waals surface area contributed by atoms with Gasteiger partial charge in [0.15, 0.2) is 12.4 Å². The first-order valence-electron chi connectivity index (χ1n) is 9.62. The van der Waals surface area contributed by atoms with E-state index in [1.165, 1.54) is 0 Å². The molecule has 8 heteroatoms. The van der Waals surface area contributed by atoms with Crippen LogP contribution in [0, 0.1) is 6.92 Å². The van der Waals surface area contributed by atoms with Crippen LogP contribution in [-0.2, 0) is 11.3 Å². The number of halogens is 1. The van der Waals surface area contributed by atoms with Gasteiger partial charge in [-0.15, -0.1) is 0 Å². The molecule has 1 heterocycles. The van der Waals surface area contributed by atoms with Crippen molar-refractivity contribution < 1.29 is 14.3 Å². The Morgan fingerprint density at radius 3 is 2.63 bits per heavy atom. The average Bonchev–Trinajstić information content (AvgIpc) is 3.21. The summed E-state index contributed by atoms with van der Waals surface area (Å²) < 4.78 is 10.9. The number of rotatable bonds is 8. The van der Waals surface area contributed by atoms with Gasteiger partial charge in [-0.1, -0.05) is 25.4 Å². The molecule has 0 fully saturated rings. The maximum Gasteiger partial charge on any atom is 0.258 e. The number of H-pyrrole nitrogens is 1. The highest BCUT2D eigenvalue weighted by molar-refractivity contribution is 6.31. The Morgan fingerprint density at radius 1 is 1.23 bits per heavy atom. The van der Waals surface area contributed by atoms with E-state index in [1.807, 2.05) is 43.3 Å². The van der Waals surface area contributed by atoms with Crippen molar-refractivity contribution in [2.24, 2.45) is 0 Å². The molecule has 158 valence electrons. The number of carbonyl (C=O) groups is 1. The van der Waals surface area contributed by atoms with Gasteiger partial charge >= 0.3 is 0 Å². The first-order chi connectivity index (χ1) is 14.4. The Labute approximate surface area is 180 Å². The number of nitrogens with one attached hydrogen (secondary N) is 2. The molecule has 2 aromatic carbocycles. The van der Waals surface area contributed by atoms with Crippen molar-refractivity contribution in [3.63, 3.8) is 0 Å². The molecule has 3 aromatic rings. The van der Waals surface area contributed by atoms with E-state index in [9.17, 15) is 4.79 Å². The minimum absolute atomic E-state index is 0.0970. The van der Waals surface area contributed by atoms with Crippen LogP contribution >= 0.6 is 11.6 Å². The zero-order valence-corrected chi connectivity index (χ0v) is 18.2. The predicted octanol–water partition coefficient (Wildman–Crippen LogP) is 4.26. The summed E-state index contributed by atoms with van der Waals surface area (Å²) in [5.41, 5.74) is 2.73. The van der Waals surface area contributed by atoms with Gasteiger partial charge in [0.2, 0.25) is 0 Å². The van der Waals surface area contributed by atoms with Gasteiger partial charge in [0.05, 0.1) is 13.7 Å². The first kappa shape index (κ1) is 21.6. The highest BCUT2D eigenvalue weighted by Crippen LogP contribution is 2.32. The Balaban J connectivity index is 1.55. The van der Waals surface area contributed by atoms with Crippen LogP contribution in [0.3, 0.4) is 0 Å². The molecular weight excluding hydrogens is 404 g/mol. The molecule has 0 spiro atoms.